The van der Waals surface area contributed by atoms with Crippen LogP contribution in [0.4, 0.5) is 0 Å². The Morgan fingerprint density at radius 3 is 2.75 bits per heavy atom. The molecule has 1 amide bonds. The zero-order valence-corrected chi connectivity index (χ0v) is 9.66. The lowest BCUT2D eigenvalue weighted by molar-refractivity contribution is -0.137. The summed E-state index contributed by atoms with van der Waals surface area (Å²) in [6.45, 7) is 3.50. The van der Waals surface area contributed by atoms with Gasteiger partial charge in [-0.1, -0.05) is 0 Å². The molecule has 1 aliphatic rings. The summed E-state index contributed by atoms with van der Waals surface area (Å²) in [5.74, 6) is -0.618. The van der Waals surface area contributed by atoms with Crippen LogP contribution in [0, 0.1) is 5.92 Å². The van der Waals surface area contributed by atoms with Crippen LogP contribution < -0.4 is 10.6 Å². The Hall–Kier alpha value is -1.10. The van der Waals surface area contributed by atoms with Gasteiger partial charge in [0.15, 0.2) is 0 Å². The van der Waals surface area contributed by atoms with E-state index in [1.807, 2.05) is 6.92 Å². The summed E-state index contributed by atoms with van der Waals surface area (Å²) in [5.41, 5.74) is 0. The summed E-state index contributed by atoms with van der Waals surface area (Å²) in [6.07, 6.45) is 2.42. The highest BCUT2D eigenvalue weighted by molar-refractivity contribution is 5.79. The molecule has 92 valence electrons. The van der Waals surface area contributed by atoms with Crippen molar-refractivity contribution in [2.45, 2.75) is 38.6 Å². The monoisotopic (exact) mass is 228 g/mol. The van der Waals surface area contributed by atoms with Crippen molar-refractivity contribution < 1.29 is 14.7 Å². The van der Waals surface area contributed by atoms with Crippen LogP contribution in [0.2, 0.25) is 0 Å². The SMILES string of the molecule is CC1NCCC1C(=O)NCCCCC(=O)O. The molecule has 5 heteroatoms. The summed E-state index contributed by atoms with van der Waals surface area (Å²) >= 11 is 0. The molecule has 0 spiro atoms. The fourth-order valence-corrected chi connectivity index (χ4v) is 1.96. The van der Waals surface area contributed by atoms with Crippen molar-refractivity contribution >= 4 is 11.9 Å². The molecule has 1 rings (SSSR count). The second-order valence-electron chi connectivity index (χ2n) is 4.28. The highest BCUT2D eigenvalue weighted by Gasteiger charge is 2.28. The van der Waals surface area contributed by atoms with Gasteiger partial charge in [-0.25, -0.2) is 0 Å². The number of unbranched alkanes of at least 4 members (excludes halogenated alkanes) is 1. The second kappa shape index (κ2) is 6.48. The Balaban J connectivity index is 2.08. The summed E-state index contributed by atoms with van der Waals surface area (Å²) in [5, 5.41) is 14.5. The maximum absolute atomic E-state index is 11.7. The second-order valence-corrected chi connectivity index (χ2v) is 4.28. The average molecular weight is 228 g/mol. The van der Waals surface area contributed by atoms with E-state index in [0.29, 0.717) is 13.0 Å². The first-order valence-corrected chi connectivity index (χ1v) is 5.84. The van der Waals surface area contributed by atoms with E-state index >= 15 is 0 Å². The molecule has 3 N–H and O–H groups in total. The van der Waals surface area contributed by atoms with Gasteiger partial charge < -0.3 is 15.7 Å². The number of carbonyl (C=O) groups is 2. The van der Waals surface area contributed by atoms with E-state index in [0.717, 1.165) is 19.4 Å². The van der Waals surface area contributed by atoms with Gasteiger partial charge in [0.1, 0.15) is 0 Å². The Kier molecular flexibility index (Phi) is 5.25. The van der Waals surface area contributed by atoms with Gasteiger partial charge in [-0.15, -0.1) is 0 Å². The average Bonchev–Trinajstić information content (AvgIpc) is 2.63. The van der Waals surface area contributed by atoms with Gasteiger partial charge >= 0.3 is 5.97 Å². The molecule has 16 heavy (non-hydrogen) atoms. The molecule has 0 radical (unpaired) electrons. The number of rotatable bonds is 6. The molecule has 0 aromatic rings. The molecule has 0 aliphatic carbocycles. The standard InChI is InChI=1S/C11H20N2O3/c1-8-9(5-7-12-8)11(16)13-6-3-2-4-10(14)15/h8-9,12H,2-7H2,1H3,(H,13,16)(H,14,15). The lowest BCUT2D eigenvalue weighted by atomic mass is 10.0. The molecule has 5 nitrogen and oxygen atoms in total. The van der Waals surface area contributed by atoms with Gasteiger partial charge in [0.05, 0.1) is 5.92 Å². The van der Waals surface area contributed by atoms with Crippen molar-refractivity contribution in [2.24, 2.45) is 5.92 Å². The molecule has 0 bridgehead atoms. The van der Waals surface area contributed by atoms with Crippen LogP contribution in [0.3, 0.4) is 0 Å². The highest BCUT2D eigenvalue weighted by atomic mass is 16.4. The minimum atomic E-state index is -0.778. The van der Waals surface area contributed by atoms with Crippen molar-refractivity contribution in [1.29, 1.82) is 0 Å². The van der Waals surface area contributed by atoms with Gasteiger partial charge in [-0.2, -0.15) is 0 Å². The summed E-state index contributed by atoms with van der Waals surface area (Å²) in [4.78, 5) is 21.9. The number of amides is 1. The van der Waals surface area contributed by atoms with Crippen molar-refractivity contribution in [3.8, 4) is 0 Å². The van der Waals surface area contributed by atoms with Gasteiger partial charge in [-0.3, -0.25) is 9.59 Å². The van der Waals surface area contributed by atoms with E-state index in [2.05, 4.69) is 10.6 Å². The quantitative estimate of drug-likeness (QED) is 0.573. The van der Waals surface area contributed by atoms with Gasteiger partial charge in [0.2, 0.25) is 5.91 Å². The Bertz CT molecular complexity index is 256. The van der Waals surface area contributed by atoms with E-state index in [9.17, 15) is 9.59 Å². The van der Waals surface area contributed by atoms with E-state index in [1.165, 1.54) is 0 Å². The van der Waals surface area contributed by atoms with Crippen LogP contribution in [0.5, 0.6) is 0 Å². The number of carboxylic acid groups (broad SMARTS) is 1. The van der Waals surface area contributed by atoms with Crippen LogP contribution in [-0.4, -0.2) is 36.1 Å². The first-order valence-electron chi connectivity index (χ1n) is 5.84. The smallest absolute Gasteiger partial charge is 0.303 e. The van der Waals surface area contributed by atoms with E-state index < -0.39 is 5.97 Å². The van der Waals surface area contributed by atoms with E-state index in [-0.39, 0.29) is 24.3 Å². The molecule has 1 aliphatic heterocycles. The molecule has 2 atom stereocenters. The fraction of sp³-hybridized carbons (Fsp3) is 0.818. The molecule has 0 aromatic carbocycles. The lowest BCUT2D eigenvalue weighted by Gasteiger charge is -2.14. The first-order chi connectivity index (χ1) is 7.61. The Labute approximate surface area is 95.6 Å². The molecule has 0 saturated carbocycles. The van der Waals surface area contributed by atoms with Crippen molar-refractivity contribution in [3.63, 3.8) is 0 Å². The molecule has 1 saturated heterocycles. The molecular formula is C11H20N2O3. The number of carbonyl (C=O) groups excluding carboxylic acids is 1. The van der Waals surface area contributed by atoms with Crippen LogP contribution >= 0.6 is 0 Å². The normalized spacial score (nSPS) is 24.3. The maximum atomic E-state index is 11.7. The van der Waals surface area contributed by atoms with Gasteiger partial charge in [0.25, 0.3) is 0 Å². The molecule has 1 fully saturated rings. The predicted molar refractivity (Wildman–Crippen MR) is 60.1 cm³/mol. The minimum Gasteiger partial charge on any atom is -0.481 e. The summed E-state index contributed by atoms with van der Waals surface area (Å²) < 4.78 is 0. The van der Waals surface area contributed by atoms with Gasteiger partial charge in [0, 0.05) is 19.0 Å². The number of aliphatic carboxylic acids is 1. The number of hydrogen-bond acceptors (Lipinski definition) is 3. The summed E-state index contributed by atoms with van der Waals surface area (Å²) in [7, 11) is 0. The van der Waals surface area contributed by atoms with Crippen molar-refractivity contribution in [2.75, 3.05) is 13.1 Å². The van der Waals surface area contributed by atoms with Crippen molar-refractivity contribution in [3.05, 3.63) is 0 Å². The van der Waals surface area contributed by atoms with Crippen LogP contribution in [0.25, 0.3) is 0 Å². The van der Waals surface area contributed by atoms with Crippen LogP contribution in [0.1, 0.15) is 32.6 Å². The maximum Gasteiger partial charge on any atom is 0.303 e. The van der Waals surface area contributed by atoms with Crippen molar-refractivity contribution in [1.82, 2.24) is 10.6 Å². The van der Waals surface area contributed by atoms with Crippen LogP contribution in [0.15, 0.2) is 0 Å². The largest absolute Gasteiger partial charge is 0.481 e. The molecule has 0 aromatic heterocycles. The molecule has 2 unspecified atom stereocenters. The zero-order valence-electron chi connectivity index (χ0n) is 9.66. The lowest BCUT2D eigenvalue weighted by Crippen LogP contribution is -2.37. The van der Waals surface area contributed by atoms with Crippen LogP contribution in [-0.2, 0) is 9.59 Å². The number of hydrogen-bond donors (Lipinski definition) is 3. The minimum absolute atomic E-state index is 0.0690. The first kappa shape index (κ1) is 13.0. The summed E-state index contributed by atoms with van der Waals surface area (Å²) in [6, 6.07) is 0.249. The molecule has 1 heterocycles. The third-order valence-electron chi connectivity index (χ3n) is 2.98. The predicted octanol–water partition coefficient (Wildman–Crippen LogP) is 0.355. The molecular weight excluding hydrogens is 208 g/mol. The third-order valence-corrected chi connectivity index (χ3v) is 2.98. The number of nitrogens with one attached hydrogen (secondary N) is 2. The fourth-order valence-electron chi connectivity index (χ4n) is 1.96. The third kappa shape index (κ3) is 4.18. The highest BCUT2D eigenvalue weighted by Crippen LogP contribution is 2.14. The van der Waals surface area contributed by atoms with E-state index in [4.69, 9.17) is 5.11 Å². The topological polar surface area (TPSA) is 78.4 Å². The van der Waals surface area contributed by atoms with Gasteiger partial charge in [-0.05, 0) is 32.7 Å². The zero-order chi connectivity index (χ0) is 12.0. The number of carboxylic acids is 1. The Morgan fingerprint density at radius 1 is 1.44 bits per heavy atom. The van der Waals surface area contributed by atoms with E-state index in [1.54, 1.807) is 0 Å². The Morgan fingerprint density at radius 2 is 2.19 bits per heavy atom.